The molecule has 0 radical (unpaired) electrons. The maximum Gasteiger partial charge on any atom is 0.249 e. The van der Waals surface area contributed by atoms with Gasteiger partial charge in [0.15, 0.2) is 5.82 Å². The predicted octanol–water partition coefficient (Wildman–Crippen LogP) is 2.32. The van der Waals surface area contributed by atoms with Crippen LogP contribution in [0.25, 0.3) is 11.3 Å². The van der Waals surface area contributed by atoms with Crippen LogP contribution in [0.2, 0.25) is 0 Å². The molecule has 0 aliphatic heterocycles. The second kappa shape index (κ2) is 9.15. The van der Waals surface area contributed by atoms with E-state index in [4.69, 9.17) is 0 Å². The van der Waals surface area contributed by atoms with E-state index in [0.29, 0.717) is 18.7 Å². The zero-order valence-electron chi connectivity index (χ0n) is 15.3. The second-order valence-corrected chi connectivity index (χ2v) is 6.56. The van der Waals surface area contributed by atoms with Crippen molar-refractivity contribution in [2.45, 2.75) is 45.8 Å². The topological polar surface area (TPSA) is 107 Å². The van der Waals surface area contributed by atoms with E-state index in [9.17, 15) is 14.7 Å². The Morgan fingerprint density at radius 1 is 1.19 bits per heavy atom. The monoisotopic (exact) mass is 358 g/mol. The van der Waals surface area contributed by atoms with E-state index in [2.05, 4.69) is 20.8 Å². The molecular weight excluding hydrogens is 332 g/mol. The minimum atomic E-state index is -1.14. The molecule has 140 valence electrons. The minimum Gasteiger partial charge on any atom is -0.383 e. The number of rotatable bonds is 8. The number of H-pyrrole nitrogens is 1. The molecule has 7 nitrogen and oxygen atoms in total. The lowest BCUT2D eigenvalue weighted by Gasteiger charge is -2.20. The van der Waals surface area contributed by atoms with Gasteiger partial charge in [0.2, 0.25) is 11.8 Å². The molecule has 0 aliphatic carbocycles. The molecule has 26 heavy (non-hydrogen) atoms. The predicted molar refractivity (Wildman–Crippen MR) is 100 cm³/mol. The summed E-state index contributed by atoms with van der Waals surface area (Å²) in [6, 6.07) is 10.6. The average Bonchev–Trinajstić information content (AvgIpc) is 3.09. The van der Waals surface area contributed by atoms with Gasteiger partial charge >= 0.3 is 0 Å². The van der Waals surface area contributed by atoms with Crippen molar-refractivity contribution in [2.75, 3.05) is 5.32 Å². The normalized spacial score (nSPS) is 13.3. The SMILES string of the molecule is CCCC(NC(=O)C(O)C(C)C)C(=O)Nc1cc(-c2ccccc2)[nH]n1. The van der Waals surface area contributed by atoms with Gasteiger partial charge in [-0.25, -0.2) is 0 Å². The zero-order chi connectivity index (χ0) is 19.1. The highest BCUT2D eigenvalue weighted by atomic mass is 16.3. The fourth-order valence-electron chi connectivity index (χ4n) is 2.48. The number of nitrogens with one attached hydrogen (secondary N) is 3. The third-order valence-electron chi connectivity index (χ3n) is 4.02. The van der Waals surface area contributed by atoms with Crippen LogP contribution >= 0.6 is 0 Å². The van der Waals surface area contributed by atoms with Gasteiger partial charge in [-0.05, 0) is 17.9 Å². The Bertz CT molecular complexity index is 727. The summed E-state index contributed by atoms with van der Waals surface area (Å²) in [6.07, 6.45) is 0.0434. The van der Waals surface area contributed by atoms with Crippen molar-refractivity contribution in [2.24, 2.45) is 5.92 Å². The molecule has 2 atom stereocenters. The number of carbonyl (C=O) groups is 2. The number of carbonyl (C=O) groups excluding carboxylic acids is 2. The molecule has 2 rings (SSSR count). The van der Waals surface area contributed by atoms with Crippen molar-refractivity contribution < 1.29 is 14.7 Å². The summed E-state index contributed by atoms with van der Waals surface area (Å²) >= 11 is 0. The molecule has 4 N–H and O–H groups in total. The third-order valence-corrected chi connectivity index (χ3v) is 4.02. The first-order valence-electron chi connectivity index (χ1n) is 8.82. The number of benzene rings is 1. The van der Waals surface area contributed by atoms with Crippen molar-refractivity contribution in [3.8, 4) is 11.3 Å². The van der Waals surface area contributed by atoms with Crippen LogP contribution in [0.15, 0.2) is 36.4 Å². The molecule has 2 amide bonds. The highest BCUT2D eigenvalue weighted by molar-refractivity contribution is 5.97. The van der Waals surface area contributed by atoms with Crippen LogP contribution in [0.4, 0.5) is 5.82 Å². The van der Waals surface area contributed by atoms with Gasteiger partial charge in [0.25, 0.3) is 0 Å². The summed E-state index contributed by atoms with van der Waals surface area (Å²) in [4.78, 5) is 24.6. The molecule has 2 unspecified atom stereocenters. The highest BCUT2D eigenvalue weighted by Crippen LogP contribution is 2.19. The summed E-state index contributed by atoms with van der Waals surface area (Å²) in [5.74, 6) is -0.739. The summed E-state index contributed by atoms with van der Waals surface area (Å²) in [5.41, 5.74) is 1.74. The van der Waals surface area contributed by atoms with Crippen LogP contribution in [0.1, 0.15) is 33.6 Å². The van der Waals surface area contributed by atoms with Gasteiger partial charge in [-0.3, -0.25) is 14.7 Å². The Balaban J connectivity index is 2.03. The largest absolute Gasteiger partial charge is 0.383 e. The summed E-state index contributed by atoms with van der Waals surface area (Å²) in [6.45, 7) is 5.41. The zero-order valence-corrected chi connectivity index (χ0v) is 15.3. The molecule has 0 bridgehead atoms. The summed E-state index contributed by atoms with van der Waals surface area (Å²) in [5, 5.41) is 22.2. The van der Waals surface area contributed by atoms with Gasteiger partial charge in [-0.2, -0.15) is 5.10 Å². The van der Waals surface area contributed by atoms with E-state index < -0.39 is 18.1 Å². The lowest BCUT2D eigenvalue weighted by atomic mass is 10.1. The Morgan fingerprint density at radius 2 is 1.88 bits per heavy atom. The van der Waals surface area contributed by atoms with E-state index >= 15 is 0 Å². The molecule has 0 fully saturated rings. The quantitative estimate of drug-likeness (QED) is 0.581. The molecule has 0 spiro atoms. The molecule has 2 aromatic rings. The molecule has 0 aliphatic rings. The van der Waals surface area contributed by atoms with Crippen LogP contribution in [0.3, 0.4) is 0 Å². The van der Waals surface area contributed by atoms with E-state index in [0.717, 1.165) is 11.3 Å². The fourth-order valence-corrected chi connectivity index (χ4v) is 2.48. The van der Waals surface area contributed by atoms with Crippen molar-refractivity contribution in [1.82, 2.24) is 15.5 Å². The maximum absolute atomic E-state index is 12.5. The molecule has 0 saturated heterocycles. The molecule has 0 saturated carbocycles. The van der Waals surface area contributed by atoms with Crippen LogP contribution < -0.4 is 10.6 Å². The van der Waals surface area contributed by atoms with E-state index in [-0.39, 0.29) is 11.8 Å². The van der Waals surface area contributed by atoms with Gasteiger partial charge in [-0.1, -0.05) is 57.5 Å². The number of nitrogens with zero attached hydrogens (tertiary/aromatic N) is 1. The average molecular weight is 358 g/mol. The number of aromatic nitrogens is 2. The van der Waals surface area contributed by atoms with Crippen molar-refractivity contribution >= 4 is 17.6 Å². The first kappa shape index (κ1) is 19.7. The van der Waals surface area contributed by atoms with Crippen LogP contribution in [-0.2, 0) is 9.59 Å². The third kappa shape index (κ3) is 5.16. The maximum atomic E-state index is 12.5. The Labute approximate surface area is 153 Å². The Kier molecular flexibility index (Phi) is 6.91. The van der Waals surface area contributed by atoms with Gasteiger partial charge < -0.3 is 15.7 Å². The van der Waals surface area contributed by atoms with Crippen LogP contribution in [0, 0.1) is 5.92 Å². The number of aromatic amines is 1. The van der Waals surface area contributed by atoms with E-state index in [1.807, 2.05) is 37.3 Å². The molecule has 1 aromatic heterocycles. The van der Waals surface area contributed by atoms with Gasteiger partial charge in [0.1, 0.15) is 12.1 Å². The summed E-state index contributed by atoms with van der Waals surface area (Å²) < 4.78 is 0. The summed E-state index contributed by atoms with van der Waals surface area (Å²) in [7, 11) is 0. The lowest BCUT2D eigenvalue weighted by molar-refractivity contribution is -0.134. The first-order valence-corrected chi connectivity index (χ1v) is 8.82. The van der Waals surface area contributed by atoms with E-state index in [1.54, 1.807) is 19.9 Å². The molecule has 1 heterocycles. The minimum absolute atomic E-state index is 0.222. The first-order chi connectivity index (χ1) is 12.4. The highest BCUT2D eigenvalue weighted by Gasteiger charge is 2.25. The standard InChI is InChI=1S/C19H26N4O3/c1-4-8-14(20-19(26)17(24)12(2)3)18(25)21-16-11-15(22-23-16)13-9-6-5-7-10-13/h5-7,9-12,14,17,24H,4,8H2,1-3H3,(H,20,26)(H2,21,22,23,25). The number of hydrogen-bond acceptors (Lipinski definition) is 4. The molecular formula is C19H26N4O3. The van der Waals surface area contributed by atoms with Gasteiger partial charge in [0.05, 0.1) is 5.69 Å². The number of amides is 2. The van der Waals surface area contributed by atoms with Crippen LogP contribution in [-0.4, -0.2) is 39.3 Å². The smallest absolute Gasteiger partial charge is 0.249 e. The van der Waals surface area contributed by atoms with Crippen molar-refractivity contribution in [3.05, 3.63) is 36.4 Å². The number of aliphatic hydroxyl groups is 1. The molecule has 1 aromatic carbocycles. The van der Waals surface area contributed by atoms with Crippen molar-refractivity contribution in [1.29, 1.82) is 0 Å². The Morgan fingerprint density at radius 3 is 2.50 bits per heavy atom. The van der Waals surface area contributed by atoms with Crippen LogP contribution in [0.5, 0.6) is 0 Å². The number of hydrogen-bond donors (Lipinski definition) is 4. The van der Waals surface area contributed by atoms with Crippen molar-refractivity contribution in [3.63, 3.8) is 0 Å². The number of anilines is 1. The Hall–Kier alpha value is -2.67. The molecule has 7 heteroatoms. The lowest BCUT2D eigenvalue weighted by Crippen LogP contribution is -2.48. The van der Waals surface area contributed by atoms with E-state index in [1.165, 1.54) is 0 Å². The van der Waals surface area contributed by atoms with Gasteiger partial charge in [0, 0.05) is 6.07 Å². The number of aliphatic hydroxyl groups excluding tert-OH is 1. The fraction of sp³-hybridized carbons (Fsp3) is 0.421. The van der Waals surface area contributed by atoms with Gasteiger partial charge in [-0.15, -0.1) is 0 Å². The second-order valence-electron chi connectivity index (χ2n) is 6.56.